The van der Waals surface area contributed by atoms with Crippen LogP contribution in [-0.4, -0.2) is 22.6 Å². The highest BCUT2D eigenvalue weighted by molar-refractivity contribution is 5.93. The number of carbonyl (C=O) groups is 1. The van der Waals surface area contributed by atoms with Crippen LogP contribution in [0.4, 0.5) is 5.82 Å². The molecule has 0 unspecified atom stereocenters. The standard InChI is InChI=1S/C11H12N2O2/c1-3-4-7-12-10-9(11(14)15)6-5-8(2)13-10/h1,5-6H,4,7H2,2H3,(H,12,13)(H,14,15). The summed E-state index contributed by atoms with van der Waals surface area (Å²) in [5.41, 5.74) is 0.931. The van der Waals surface area contributed by atoms with E-state index in [9.17, 15) is 4.79 Å². The van der Waals surface area contributed by atoms with E-state index in [0.717, 1.165) is 5.69 Å². The first-order valence-electron chi connectivity index (χ1n) is 4.53. The van der Waals surface area contributed by atoms with Gasteiger partial charge in [-0.15, -0.1) is 12.3 Å². The Morgan fingerprint density at radius 1 is 1.67 bits per heavy atom. The average molecular weight is 204 g/mol. The first-order chi connectivity index (χ1) is 7.15. The van der Waals surface area contributed by atoms with Crippen LogP contribution in [-0.2, 0) is 0 Å². The van der Waals surface area contributed by atoms with E-state index in [4.69, 9.17) is 11.5 Å². The second kappa shape index (κ2) is 5.01. The molecule has 4 nitrogen and oxygen atoms in total. The highest BCUT2D eigenvalue weighted by Crippen LogP contribution is 2.13. The van der Waals surface area contributed by atoms with Crippen molar-refractivity contribution in [1.29, 1.82) is 0 Å². The smallest absolute Gasteiger partial charge is 0.339 e. The monoisotopic (exact) mass is 204 g/mol. The van der Waals surface area contributed by atoms with E-state index in [1.807, 2.05) is 0 Å². The molecule has 0 aromatic carbocycles. The Balaban J connectivity index is 2.88. The zero-order chi connectivity index (χ0) is 11.3. The fourth-order valence-corrected chi connectivity index (χ4v) is 1.12. The van der Waals surface area contributed by atoms with Crippen LogP contribution in [0.25, 0.3) is 0 Å². The van der Waals surface area contributed by atoms with Gasteiger partial charge in [0.05, 0.1) is 0 Å². The fraction of sp³-hybridized carbons (Fsp3) is 0.273. The van der Waals surface area contributed by atoms with E-state index in [1.54, 1.807) is 13.0 Å². The number of rotatable bonds is 4. The summed E-state index contributed by atoms with van der Waals surface area (Å²) in [6.45, 7) is 2.32. The lowest BCUT2D eigenvalue weighted by Gasteiger charge is -2.07. The maximum Gasteiger partial charge on any atom is 0.339 e. The Morgan fingerprint density at radius 3 is 3.00 bits per heavy atom. The summed E-state index contributed by atoms with van der Waals surface area (Å²) in [6, 6.07) is 3.19. The third kappa shape index (κ3) is 2.99. The molecule has 15 heavy (non-hydrogen) atoms. The van der Waals surface area contributed by atoms with Crippen LogP contribution in [0.15, 0.2) is 12.1 Å². The molecule has 4 heteroatoms. The van der Waals surface area contributed by atoms with E-state index in [2.05, 4.69) is 16.2 Å². The molecule has 0 aliphatic heterocycles. The van der Waals surface area contributed by atoms with Crippen molar-refractivity contribution >= 4 is 11.8 Å². The quantitative estimate of drug-likeness (QED) is 0.576. The van der Waals surface area contributed by atoms with Gasteiger partial charge in [0.15, 0.2) is 0 Å². The number of aryl methyl sites for hydroxylation is 1. The largest absolute Gasteiger partial charge is 0.478 e. The van der Waals surface area contributed by atoms with E-state index in [1.165, 1.54) is 6.07 Å². The number of hydrogen-bond donors (Lipinski definition) is 2. The van der Waals surface area contributed by atoms with Crippen LogP contribution in [0.1, 0.15) is 22.5 Å². The van der Waals surface area contributed by atoms with Gasteiger partial charge in [0.1, 0.15) is 11.4 Å². The summed E-state index contributed by atoms with van der Waals surface area (Å²) in [6.07, 6.45) is 5.63. The Kier molecular flexibility index (Phi) is 3.69. The number of nitrogens with one attached hydrogen (secondary N) is 1. The molecule has 2 N–H and O–H groups in total. The van der Waals surface area contributed by atoms with Crippen LogP contribution in [0.3, 0.4) is 0 Å². The number of anilines is 1. The molecule has 1 heterocycles. The molecule has 1 rings (SSSR count). The molecule has 0 spiro atoms. The number of aromatic nitrogens is 1. The Bertz CT molecular complexity index is 408. The molecule has 0 aliphatic rings. The Morgan fingerprint density at radius 2 is 2.40 bits per heavy atom. The van der Waals surface area contributed by atoms with Crippen LogP contribution in [0.2, 0.25) is 0 Å². The number of nitrogens with zero attached hydrogens (tertiary/aromatic N) is 1. The van der Waals surface area contributed by atoms with Crippen LogP contribution < -0.4 is 5.32 Å². The molecule has 0 saturated carbocycles. The highest BCUT2D eigenvalue weighted by atomic mass is 16.4. The minimum Gasteiger partial charge on any atom is -0.478 e. The van der Waals surface area contributed by atoms with Gasteiger partial charge in [-0.05, 0) is 19.1 Å². The van der Waals surface area contributed by atoms with Crippen molar-refractivity contribution in [3.8, 4) is 12.3 Å². The van der Waals surface area contributed by atoms with Gasteiger partial charge in [-0.3, -0.25) is 0 Å². The summed E-state index contributed by atoms with van der Waals surface area (Å²) in [5, 5.41) is 11.8. The normalized spacial score (nSPS) is 9.33. The third-order valence-corrected chi connectivity index (χ3v) is 1.83. The summed E-state index contributed by atoms with van der Waals surface area (Å²) in [5.74, 6) is 1.84. The van der Waals surface area contributed by atoms with Crippen LogP contribution in [0.5, 0.6) is 0 Å². The Labute approximate surface area is 88.3 Å². The molecule has 78 valence electrons. The number of carboxylic acids is 1. The van der Waals surface area contributed by atoms with E-state index in [0.29, 0.717) is 18.8 Å². The molecule has 0 atom stereocenters. The SMILES string of the molecule is C#CCCNc1nc(C)ccc1C(=O)O. The predicted octanol–water partition coefficient (Wildman–Crippen LogP) is 1.52. The summed E-state index contributed by atoms with van der Waals surface area (Å²) in [4.78, 5) is 15.0. The molecule has 0 radical (unpaired) electrons. The molecule has 0 bridgehead atoms. The third-order valence-electron chi connectivity index (χ3n) is 1.83. The second-order valence-electron chi connectivity index (χ2n) is 3.03. The van der Waals surface area contributed by atoms with Gasteiger partial charge in [-0.1, -0.05) is 0 Å². The van der Waals surface area contributed by atoms with Crippen molar-refractivity contribution in [3.63, 3.8) is 0 Å². The lowest BCUT2D eigenvalue weighted by Crippen LogP contribution is -2.09. The molecular formula is C11H12N2O2. The first-order valence-corrected chi connectivity index (χ1v) is 4.53. The van der Waals surface area contributed by atoms with Gasteiger partial charge in [-0.2, -0.15) is 0 Å². The van der Waals surface area contributed by atoms with Gasteiger partial charge < -0.3 is 10.4 Å². The molecule has 0 saturated heterocycles. The van der Waals surface area contributed by atoms with Crippen molar-refractivity contribution < 1.29 is 9.90 Å². The van der Waals surface area contributed by atoms with Gasteiger partial charge in [-0.25, -0.2) is 9.78 Å². The van der Waals surface area contributed by atoms with E-state index in [-0.39, 0.29) is 5.56 Å². The second-order valence-corrected chi connectivity index (χ2v) is 3.03. The molecule has 0 aliphatic carbocycles. The molecule has 0 fully saturated rings. The minimum atomic E-state index is -0.995. The maximum atomic E-state index is 10.8. The number of pyridine rings is 1. The van der Waals surface area contributed by atoms with Crippen LogP contribution in [0, 0.1) is 19.3 Å². The average Bonchev–Trinajstić information content (AvgIpc) is 2.18. The molecule has 0 amide bonds. The molecule has 1 aromatic rings. The van der Waals surface area contributed by atoms with Crippen molar-refractivity contribution in [2.24, 2.45) is 0 Å². The summed E-state index contributed by atoms with van der Waals surface area (Å²) < 4.78 is 0. The van der Waals surface area contributed by atoms with Crippen molar-refractivity contribution in [2.45, 2.75) is 13.3 Å². The van der Waals surface area contributed by atoms with Gasteiger partial charge >= 0.3 is 5.97 Å². The zero-order valence-corrected chi connectivity index (χ0v) is 8.45. The molecular weight excluding hydrogens is 192 g/mol. The summed E-state index contributed by atoms with van der Waals surface area (Å²) in [7, 11) is 0. The maximum absolute atomic E-state index is 10.8. The van der Waals surface area contributed by atoms with Crippen LogP contribution >= 0.6 is 0 Å². The van der Waals surface area contributed by atoms with Gasteiger partial charge in [0.25, 0.3) is 0 Å². The Hall–Kier alpha value is -2.02. The fourth-order valence-electron chi connectivity index (χ4n) is 1.12. The lowest BCUT2D eigenvalue weighted by atomic mass is 10.2. The van der Waals surface area contributed by atoms with Crippen molar-refractivity contribution in [1.82, 2.24) is 4.98 Å². The van der Waals surface area contributed by atoms with E-state index < -0.39 is 5.97 Å². The number of terminal acetylenes is 1. The van der Waals surface area contributed by atoms with Gasteiger partial charge in [0, 0.05) is 18.7 Å². The summed E-state index contributed by atoms with van der Waals surface area (Å²) >= 11 is 0. The zero-order valence-electron chi connectivity index (χ0n) is 8.45. The number of aromatic carboxylic acids is 1. The number of hydrogen-bond acceptors (Lipinski definition) is 3. The highest BCUT2D eigenvalue weighted by Gasteiger charge is 2.10. The number of carboxylic acid groups (broad SMARTS) is 1. The molecule has 1 aromatic heterocycles. The predicted molar refractivity (Wildman–Crippen MR) is 57.9 cm³/mol. The topological polar surface area (TPSA) is 62.2 Å². The minimum absolute atomic E-state index is 0.164. The van der Waals surface area contributed by atoms with Gasteiger partial charge in [0.2, 0.25) is 0 Å². The lowest BCUT2D eigenvalue weighted by molar-refractivity contribution is 0.0697. The van der Waals surface area contributed by atoms with Crippen molar-refractivity contribution in [2.75, 3.05) is 11.9 Å². The first kappa shape index (κ1) is 11.1. The van der Waals surface area contributed by atoms with E-state index >= 15 is 0 Å². The van der Waals surface area contributed by atoms with Crippen molar-refractivity contribution in [3.05, 3.63) is 23.4 Å².